The zero-order chi connectivity index (χ0) is 9.40. The van der Waals surface area contributed by atoms with Crippen LogP contribution in [0.5, 0.6) is 0 Å². The summed E-state index contributed by atoms with van der Waals surface area (Å²) >= 11 is 0. The van der Waals surface area contributed by atoms with Crippen LogP contribution in [-0.4, -0.2) is 30.0 Å². The van der Waals surface area contributed by atoms with Crippen molar-refractivity contribution in [2.24, 2.45) is 16.5 Å². The van der Waals surface area contributed by atoms with Crippen molar-refractivity contribution >= 4 is 12.3 Å². The van der Waals surface area contributed by atoms with E-state index in [9.17, 15) is 4.79 Å². The maximum Gasteiger partial charge on any atom is 0.320 e. The molecule has 0 spiro atoms. The first-order valence-electron chi connectivity index (χ1n) is 3.87. The summed E-state index contributed by atoms with van der Waals surface area (Å²) in [7, 11) is 0. The average Bonchev–Trinajstić information content (AvgIpc) is 2.03. The van der Waals surface area contributed by atoms with E-state index in [1.54, 1.807) is 0 Å². The predicted octanol–water partition coefficient (Wildman–Crippen LogP) is -0.444. The number of hydrogen-bond acceptors (Lipinski definition) is 3. The topological polar surface area (TPSA) is 102 Å². The smallest absolute Gasteiger partial charge is 0.320 e. The molecule has 12 heavy (non-hydrogen) atoms. The van der Waals surface area contributed by atoms with Crippen LogP contribution in [0.1, 0.15) is 19.3 Å². The van der Waals surface area contributed by atoms with Gasteiger partial charge in [-0.2, -0.15) is 0 Å². The van der Waals surface area contributed by atoms with Gasteiger partial charge < -0.3 is 16.6 Å². The normalized spacial score (nSPS) is 13.4. The molecule has 0 aromatic heterocycles. The van der Waals surface area contributed by atoms with E-state index in [4.69, 9.17) is 16.6 Å². The minimum atomic E-state index is -0.947. The zero-order valence-electron chi connectivity index (χ0n) is 6.94. The summed E-state index contributed by atoms with van der Waals surface area (Å²) in [6, 6.07) is -0.744. The second-order valence-corrected chi connectivity index (χ2v) is 2.50. The van der Waals surface area contributed by atoms with Crippen LogP contribution in [0.2, 0.25) is 0 Å². The summed E-state index contributed by atoms with van der Waals surface area (Å²) in [5, 5.41) is 8.41. The van der Waals surface area contributed by atoms with E-state index >= 15 is 0 Å². The Labute approximate surface area is 71.5 Å². The number of hydrogen-bond donors (Lipinski definition) is 3. The average molecular weight is 173 g/mol. The Bertz CT molecular complexity index is 159. The molecule has 70 valence electrons. The van der Waals surface area contributed by atoms with Gasteiger partial charge in [-0.3, -0.25) is 9.79 Å². The maximum atomic E-state index is 10.2. The van der Waals surface area contributed by atoms with E-state index in [-0.39, 0.29) is 0 Å². The number of carboxylic acid groups (broad SMARTS) is 1. The summed E-state index contributed by atoms with van der Waals surface area (Å²) in [6.07, 6.45) is 3.34. The largest absolute Gasteiger partial charge is 0.480 e. The number of aliphatic imine (C=N–C) groups is 1. The van der Waals surface area contributed by atoms with Crippen LogP contribution in [0.4, 0.5) is 0 Å². The van der Waals surface area contributed by atoms with Gasteiger partial charge in [-0.1, -0.05) is 0 Å². The summed E-state index contributed by atoms with van der Waals surface area (Å²) in [5.74, 6) is -0.947. The van der Waals surface area contributed by atoms with Gasteiger partial charge in [0.25, 0.3) is 0 Å². The van der Waals surface area contributed by atoms with Crippen molar-refractivity contribution in [3.63, 3.8) is 0 Å². The Balaban J connectivity index is 3.25. The number of aliphatic carboxylic acids is 1. The Morgan fingerprint density at radius 2 is 2.25 bits per heavy atom. The molecule has 0 unspecified atom stereocenters. The minimum absolute atomic E-state index is 0.495. The lowest BCUT2D eigenvalue weighted by Crippen LogP contribution is -2.29. The van der Waals surface area contributed by atoms with E-state index in [1.165, 1.54) is 6.34 Å². The summed E-state index contributed by atoms with van der Waals surface area (Å²) in [4.78, 5) is 14.0. The molecule has 0 radical (unpaired) electrons. The number of carboxylic acids is 1. The lowest BCUT2D eigenvalue weighted by molar-refractivity contribution is -0.138. The first kappa shape index (κ1) is 10.9. The van der Waals surface area contributed by atoms with Crippen molar-refractivity contribution in [2.75, 3.05) is 6.54 Å². The summed E-state index contributed by atoms with van der Waals surface area (Å²) in [5.41, 5.74) is 10.3. The third-order valence-corrected chi connectivity index (χ3v) is 1.47. The van der Waals surface area contributed by atoms with Gasteiger partial charge in [0.05, 0.1) is 6.34 Å². The van der Waals surface area contributed by atoms with Gasteiger partial charge in [-0.15, -0.1) is 0 Å². The third-order valence-electron chi connectivity index (χ3n) is 1.47. The van der Waals surface area contributed by atoms with Crippen LogP contribution < -0.4 is 11.5 Å². The highest BCUT2D eigenvalue weighted by Crippen LogP contribution is 1.98. The third kappa shape index (κ3) is 5.67. The Morgan fingerprint density at radius 1 is 1.58 bits per heavy atom. The van der Waals surface area contributed by atoms with Crippen molar-refractivity contribution in [1.82, 2.24) is 0 Å². The number of nitrogens with zero attached hydrogens (tertiary/aromatic N) is 1. The molecule has 0 aromatic rings. The van der Waals surface area contributed by atoms with Gasteiger partial charge >= 0.3 is 5.97 Å². The van der Waals surface area contributed by atoms with Gasteiger partial charge in [-0.25, -0.2) is 0 Å². The van der Waals surface area contributed by atoms with Gasteiger partial charge in [0.15, 0.2) is 0 Å². The molecular weight excluding hydrogens is 158 g/mol. The number of carbonyl (C=O) groups is 1. The molecule has 0 aliphatic heterocycles. The van der Waals surface area contributed by atoms with E-state index in [2.05, 4.69) is 4.99 Å². The van der Waals surface area contributed by atoms with Crippen LogP contribution >= 0.6 is 0 Å². The molecule has 5 heteroatoms. The quantitative estimate of drug-likeness (QED) is 0.288. The van der Waals surface area contributed by atoms with Crippen molar-refractivity contribution in [3.05, 3.63) is 0 Å². The molecule has 0 bridgehead atoms. The first-order valence-corrected chi connectivity index (χ1v) is 3.87. The molecule has 5 nitrogen and oxygen atoms in total. The summed E-state index contributed by atoms with van der Waals surface area (Å²) < 4.78 is 0. The van der Waals surface area contributed by atoms with Gasteiger partial charge in [0.1, 0.15) is 6.04 Å². The lowest BCUT2D eigenvalue weighted by atomic mass is 10.1. The first-order chi connectivity index (χ1) is 5.68. The zero-order valence-corrected chi connectivity index (χ0v) is 6.94. The molecule has 0 amide bonds. The molecule has 0 rings (SSSR count). The van der Waals surface area contributed by atoms with Crippen LogP contribution in [-0.2, 0) is 4.79 Å². The Hall–Kier alpha value is -1.10. The second kappa shape index (κ2) is 6.60. The number of rotatable bonds is 6. The highest BCUT2D eigenvalue weighted by Gasteiger charge is 2.09. The van der Waals surface area contributed by atoms with E-state index in [0.29, 0.717) is 13.0 Å². The molecular formula is C7H15N3O2. The molecule has 0 aromatic carbocycles. The van der Waals surface area contributed by atoms with Crippen LogP contribution in [0.3, 0.4) is 0 Å². The van der Waals surface area contributed by atoms with E-state index < -0.39 is 12.0 Å². The van der Waals surface area contributed by atoms with Crippen LogP contribution in [0.15, 0.2) is 4.99 Å². The SMILES string of the molecule is NC=NCCCC[C@H](N)C(=O)O. The van der Waals surface area contributed by atoms with Gasteiger partial charge in [-0.05, 0) is 19.3 Å². The maximum absolute atomic E-state index is 10.2. The standard InChI is InChI=1S/C7H15N3O2/c8-5-10-4-2-1-3-6(9)7(11)12/h5-6H,1-4,9H2,(H2,8,10)(H,11,12)/t6-/m0/s1. The Morgan fingerprint density at radius 3 is 2.75 bits per heavy atom. The minimum Gasteiger partial charge on any atom is -0.480 e. The fourth-order valence-corrected chi connectivity index (χ4v) is 0.765. The molecule has 0 fully saturated rings. The number of nitrogens with two attached hydrogens (primary N) is 2. The summed E-state index contributed by atoms with van der Waals surface area (Å²) in [6.45, 7) is 0.642. The van der Waals surface area contributed by atoms with Crippen molar-refractivity contribution in [1.29, 1.82) is 0 Å². The van der Waals surface area contributed by atoms with Crippen LogP contribution in [0.25, 0.3) is 0 Å². The molecule has 0 aliphatic carbocycles. The Kier molecular flexibility index (Phi) is 6.00. The molecule has 0 saturated carbocycles. The molecule has 1 atom stereocenters. The monoisotopic (exact) mass is 173 g/mol. The highest BCUT2D eigenvalue weighted by molar-refractivity contribution is 5.72. The molecule has 0 saturated heterocycles. The van der Waals surface area contributed by atoms with Crippen molar-refractivity contribution in [2.45, 2.75) is 25.3 Å². The molecule has 0 heterocycles. The fourth-order valence-electron chi connectivity index (χ4n) is 0.765. The van der Waals surface area contributed by atoms with E-state index in [0.717, 1.165) is 12.8 Å². The highest BCUT2D eigenvalue weighted by atomic mass is 16.4. The van der Waals surface area contributed by atoms with Gasteiger partial charge in [0, 0.05) is 6.54 Å². The van der Waals surface area contributed by atoms with Crippen molar-refractivity contribution < 1.29 is 9.90 Å². The number of unbranched alkanes of at least 4 members (excludes halogenated alkanes) is 1. The molecule has 0 aliphatic rings. The lowest BCUT2D eigenvalue weighted by Gasteiger charge is -2.03. The van der Waals surface area contributed by atoms with Gasteiger partial charge in [0.2, 0.25) is 0 Å². The fraction of sp³-hybridized carbons (Fsp3) is 0.714. The predicted molar refractivity (Wildman–Crippen MR) is 47.0 cm³/mol. The second-order valence-electron chi connectivity index (χ2n) is 2.50. The molecule has 5 N–H and O–H groups in total. The van der Waals surface area contributed by atoms with Crippen molar-refractivity contribution in [3.8, 4) is 0 Å². The van der Waals surface area contributed by atoms with E-state index in [1.807, 2.05) is 0 Å². The van der Waals surface area contributed by atoms with Crippen LogP contribution in [0, 0.1) is 0 Å².